The summed E-state index contributed by atoms with van der Waals surface area (Å²) in [6.45, 7) is 8.25. The van der Waals surface area contributed by atoms with Crippen LogP contribution in [0.15, 0.2) is 28.8 Å². The fourth-order valence-corrected chi connectivity index (χ4v) is 3.14. The summed E-state index contributed by atoms with van der Waals surface area (Å²) >= 11 is 0. The largest absolute Gasteiger partial charge is 0.465 e. The highest BCUT2D eigenvalue weighted by Gasteiger charge is 2.16. The minimum absolute atomic E-state index is 0.359. The van der Waals surface area contributed by atoms with Crippen LogP contribution in [0.25, 0.3) is 11.4 Å². The molecule has 0 spiro atoms. The molecule has 0 unspecified atom stereocenters. The normalized spacial score (nSPS) is 14.9. The molecule has 0 aliphatic carbocycles. The molecule has 0 atom stereocenters. The maximum atomic E-state index is 11.5. The van der Waals surface area contributed by atoms with Gasteiger partial charge in [-0.1, -0.05) is 24.2 Å². The highest BCUT2D eigenvalue weighted by Crippen LogP contribution is 2.17. The van der Waals surface area contributed by atoms with Crippen molar-refractivity contribution in [3.05, 3.63) is 35.7 Å². The summed E-state index contributed by atoms with van der Waals surface area (Å²) < 4.78 is 10.1. The Morgan fingerprint density at radius 1 is 1.27 bits per heavy atom. The van der Waals surface area contributed by atoms with Gasteiger partial charge in [-0.3, -0.25) is 4.90 Å². The van der Waals surface area contributed by atoms with Crippen molar-refractivity contribution in [3.8, 4) is 11.4 Å². The molecule has 1 aromatic heterocycles. The molecule has 1 aromatic carbocycles. The quantitative estimate of drug-likeness (QED) is 0.671. The predicted molar refractivity (Wildman–Crippen MR) is 97.7 cm³/mol. The van der Waals surface area contributed by atoms with E-state index in [2.05, 4.69) is 26.9 Å². The molecule has 2 aromatic rings. The van der Waals surface area contributed by atoms with Gasteiger partial charge in [0, 0.05) is 18.7 Å². The number of benzene rings is 1. The molecule has 140 valence electrons. The summed E-state index contributed by atoms with van der Waals surface area (Å²) in [5.74, 6) is 0.786. The van der Waals surface area contributed by atoms with Crippen LogP contribution in [0.3, 0.4) is 0 Å². The summed E-state index contributed by atoms with van der Waals surface area (Å²) in [5.41, 5.74) is 1.31. The second-order valence-corrected chi connectivity index (χ2v) is 6.50. The van der Waals surface area contributed by atoms with Gasteiger partial charge >= 0.3 is 5.97 Å². The number of aromatic nitrogens is 2. The monoisotopic (exact) mass is 358 g/mol. The van der Waals surface area contributed by atoms with Gasteiger partial charge in [0.1, 0.15) is 0 Å². The van der Waals surface area contributed by atoms with E-state index in [1.165, 1.54) is 33.0 Å². The Kier molecular flexibility index (Phi) is 6.35. The van der Waals surface area contributed by atoms with Gasteiger partial charge in [0.25, 0.3) is 0 Å². The van der Waals surface area contributed by atoms with Gasteiger partial charge in [-0.25, -0.2) is 4.79 Å². The maximum Gasteiger partial charge on any atom is 0.337 e. The number of carbonyl (C=O) groups is 1. The van der Waals surface area contributed by atoms with Crippen molar-refractivity contribution in [1.82, 2.24) is 19.9 Å². The van der Waals surface area contributed by atoms with Crippen molar-refractivity contribution in [3.63, 3.8) is 0 Å². The first-order valence-electron chi connectivity index (χ1n) is 9.15. The van der Waals surface area contributed by atoms with E-state index in [0.717, 1.165) is 25.2 Å². The Hall–Kier alpha value is -2.25. The van der Waals surface area contributed by atoms with Gasteiger partial charge in [-0.15, -0.1) is 0 Å². The molecule has 26 heavy (non-hydrogen) atoms. The molecule has 1 aliphatic rings. The van der Waals surface area contributed by atoms with E-state index in [4.69, 9.17) is 9.26 Å². The molecule has 7 heteroatoms. The molecule has 7 nitrogen and oxygen atoms in total. The number of carbonyl (C=O) groups excluding carboxylic acids is 1. The SMILES string of the molecule is CCN(CCN1CCCC1)Cc1nc(-c2ccc(C(=O)OC)cc2)no1. The van der Waals surface area contributed by atoms with Crippen molar-refractivity contribution in [1.29, 1.82) is 0 Å². The highest BCUT2D eigenvalue weighted by molar-refractivity contribution is 5.89. The van der Waals surface area contributed by atoms with Crippen LogP contribution < -0.4 is 0 Å². The third-order valence-corrected chi connectivity index (χ3v) is 4.77. The Balaban J connectivity index is 1.58. The zero-order valence-electron chi connectivity index (χ0n) is 15.5. The summed E-state index contributed by atoms with van der Waals surface area (Å²) in [6.07, 6.45) is 2.63. The molecule has 1 fully saturated rings. The van der Waals surface area contributed by atoms with Gasteiger partial charge in [0.05, 0.1) is 19.2 Å². The zero-order chi connectivity index (χ0) is 18.4. The van der Waals surface area contributed by atoms with Crippen molar-refractivity contribution < 1.29 is 14.1 Å². The van der Waals surface area contributed by atoms with Crippen LogP contribution in [0.1, 0.15) is 36.0 Å². The number of nitrogens with zero attached hydrogens (tertiary/aromatic N) is 4. The Morgan fingerprint density at radius 2 is 2.00 bits per heavy atom. The predicted octanol–water partition coefficient (Wildman–Crippen LogP) is 2.44. The van der Waals surface area contributed by atoms with E-state index in [9.17, 15) is 4.79 Å². The lowest BCUT2D eigenvalue weighted by Crippen LogP contribution is -2.33. The van der Waals surface area contributed by atoms with E-state index in [-0.39, 0.29) is 5.97 Å². The van der Waals surface area contributed by atoms with Crippen LogP contribution in [0.2, 0.25) is 0 Å². The van der Waals surface area contributed by atoms with Crippen LogP contribution in [0, 0.1) is 0 Å². The van der Waals surface area contributed by atoms with Gasteiger partial charge in [0.2, 0.25) is 11.7 Å². The lowest BCUT2D eigenvalue weighted by atomic mass is 10.1. The average molecular weight is 358 g/mol. The fourth-order valence-electron chi connectivity index (χ4n) is 3.14. The number of hydrogen-bond acceptors (Lipinski definition) is 7. The number of rotatable bonds is 8. The first kappa shape index (κ1) is 18.5. The summed E-state index contributed by atoms with van der Waals surface area (Å²) in [6, 6.07) is 6.99. The molecule has 0 N–H and O–H groups in total. The number of likely N-dealkylation sites (N-methyl/N-ethyl adjacent to an activating group) is 1. The molecular weight excluding hydrogens is 332 g/mol. The maximum absolute atomic E-state index is 11.5. The van der Waals surface area contributed by atoms with Crippen LogP contribution in [-0.2, 0) is 11.3 Å². The van der Waals surface area contributed by atoms with Crippen molar-refractivity contribution >= 4 is 5.97 Å². The standard InChI is InChI=1S/C19H26N4O3/c1-3-22(12-13-23-10-4-5-11-23)14-17-20-18(21-26-17)15-6-8-16(9-7-15)19(24)25-2/h6-9H,3-5,10-14H2,1-2H3. The van der Waals surface area contributed by atoms with Crippen molar-refractivity contribution in [2.45, 2.75) is 26.3 Å². The molecule has 0 saturated carbocycles. The van der Waals surface area contributed by atoms with Gasteiger partial charge < -0.3 is 14.2 Å². The third-order valence-electron chi connectivity index (χ3n) is 4.77. The van der Waals surface area contributed by atoms with E-state index in [1.807, 2.05) is 0 Å². The minimum atomic E-state index is -0.359. The van der Waals surface area contributed by atoms with E-state index >= 15 is 0 Å². The van der Waals surface area contributed by atoms with Crippen LogP contribution in [0.4, 0.5) is 0 Å². The minimum Gasteiger partial charge on any atom is -0.465 e. The molecule has 1 aliphatic heterocycles. The first-order valence-corrected chi connectivity index (χ1v) is 9.15. The van der Waals surface area contributed by atoms with E-state index in [1.54, 1.807) is 24.3 Å². The molecule has 1 saturated heterocycles. The van der Waals surface area contributed by atoms with Crippen LogP contribution in [0.5, 0.6) is 0 Å². The number of methoxy groups -OCH3 is 1. The third kappa shape index (κ3) is 4.68. The molecule has 0 bridgehead atoms. The fraction of sp³-hybridized carbons (Fsp3) is 0.526. The highest BCUT2D eigenvalue weighted by atomic mass is 16.5. The average Bonchev–Trinajstić information content (AvgIpc) is 3.36. The first-order chi connectivity index (χ1) is 12.7. The second-order valence-electron chi connectivity index (χ2n) is 6.50. The summed E-state index contributed by atoms with van der Waals surface area (Å²) in [5, 5.41) is 4.07. The number of likely N-dealkylation sites (tertiary alicyclic amines) is 1. The Morgan fingerprint density at radius 3 is 2.65 bits per heavy atom. The molecule has 3 rings (SSSR count). The summed E-state index contributed by atoms with van der Waals surface area (Å²) in [7, 11) is 1.37. The topological polar surface area (TPSA) is 71.7 Å². The lowest BCUT2D eigenvalue weighted by molar-refractivity contribution is 0.0601. The van der Waals surface area contributed by atoms with Crippen LogP contribution in [-0.4, -0.2) is 65.7 Å². The lowest BCUT2D eigenvalue weighted by Gasteiger charge is -2.22. The smallest absolute Gasteiger partial charge is 0.337 e. The summed E-state index contributed by atoms with van der Waals surface area (Å²) in [4.78, 5) is 20.8. The molecular formula is C19H26N4O3. The number of esters is 1. The van der Waals surface area contributed by atoms with Gasteiger partial charge in [-0.2, -0.15) is 4.98 Å². The molecule has 0 amide bonds. The molecule has 2 heterocycles. The van der Waals surface area contributed by atoms with Gasteiger partial charge in [-0.05, 0) is 44.6 Å². The number of ether oxygens (including phenoxy) is 1. The van der Waals surface area contributed by atoms with E-state index < -0.39 is 0 Å². The Bertz CT molecular complexity index is 708. The molecule has 0 radical (unpaired) electrons. The van der Waals surface area contributed by atoms with Crippen LogP contribution >= 0.6 is 0 Å². The van der Waals surface area contributed by atoms with E-state index in [0.29, 0.717) is 23.8 Å². The Labute approximate surface area is 153 Å². The van der Waals surface area contributed by atoms with Crippen molar-refractivity contribution in [2.75, 3.05) is 39.8 Å². The zero-order valence-corrected chi connectivity index (χ0v) is 15.5. The second kappa shape index (κ2) is 8.91. The van der Waals surface area contributed by atoms with Crippen molar-refractivity contribution in [2.24, 2.45) is 0 Å². The van der Waals surface area contributed by atoms with Gasteiger partial charge in [0.15, 0.2) is 0 Å². The number of hydrogen-bond donors (Lipinski definition) is 0.